The third-order valence-electron chi connectivity index (χ3n) is 2.86. The summed E-state index contributed by atoms with van der Waals surface area (Å²) in [5.41, 5.74) is 1.02. The summed E-state index contributed by atoms with van der Waals surface area (Å²) in [5, 5.41) is 0. The third kappa shape index (κ3) is 1.96. The van der Waals surface area contributed by atoms with Gasteiger partial charge in [0.2, 0.25) is 6.08 Å². The van der Waals surface area contributed by atoms with E-state index in [9.17, 15) is 14.4 Å². The van der Waals surface area contributed by atoms with Gasteiger partial charge in [-0.15, -0.1) is 0 Å². The van der Waals surface area contributed by atoms with Gasteiger partial charge < -0.3 is 0 Å². The van der Waals surface area contributed by atoms with E-state index in [2.05, 4.69) is 4.99 Å². The van der Waals surface area contributed by atoms with Crippen LogP contribution in [-0.2, 0) is 4.79 Å². The Labute approximate surface area is 104 Å². The molecule has 1 aromatic rings. The van der Waals surface area contributed by atoms with Gasteiger partial charge in [-0.25, -0.2) is 4.79 Å². The molecule has 0 aliphatic carbocycles. The van der Waals surface area contributed by atoms with Crippen molar-refractivity contribution in [3.63, 3.8) is 0 Å². The lowest BCUT2D eigenvalue weighted by Crippen LogP contribution is -2.30. The zero-order chi connectivity index (χ0) is 13.1. The number of nitrogens with zero attached hydrogens (tertiary/aromatic N) is 2. The maximum atomic E-state index is 12.0. The molecule has 1 aliphatic heterocycles. The number of fused-ring (bicyclic) bond motifs is 1. The SMILES string of the molecule is CCCCN1C(=O)c2ccc(N=C=O)cc2C1=O. The normalized spacial score (nSPS) is 13.5. The first-order valence-corrected chi connectivity index (χ1v) is 5.77. The maximum Gasteiger partial charge on any atom is 0.261 e. The number of benzene rings is 1. The summed E-state index contributed by atoms with van der Waals surface area (Å²) in [6.07, 6.45) is 3.11. The van der Waals surface area contributed by atoms with E-state index in [1.165, 1.54) is 29.2 Å². The number of rotatable bonds is 4. The molecule has 92 valence electrons. The van der Waals surface area contributed by atoms with Crippen molar-refractivity contribution in [2.45, 2.75) is 19.8 Å². The van der Waals surface area contributed by atoms with Crippen LogP contribution in [-0.4, -0.2) is 29.3 Å². The van der Waals surface area contributed by atoms with Crippen molar-refractivity contribution in [1.29, 1.82) is 0 Å². The fraction of sp³-hybridized carbons (Fsp3) is 0.308. The van der Waals surface area contributed by atoms with Crippen LogP contribution in [0.1, 0.15) is 40.5 Å². The van der Waals surface area contributed by atoms with Crippen molar-refractivity contribution in [3.05, 3.63) is 29.3 Å². The van der Waals surface area contributed by atoms with Gasteiger partial charge in [0, 0.05) is 6.54 Å². The molecule has 0 radical (unpaired) electrons. The van der Waals surface area contributed by atoms with Gasteiger partial charge in [0.15, 0.2) is 0 Å². The molecule has 0 atom stereocenters. The predicted molar refractivity (Wildman–Crippen MR) is 64.5 cm³/mol. The highest BCUT2D eigenvalue weighted by Gasteiger charge is 2.34. The summed E-state index contributed by atoms with van der Waals surface area (Å²) in [4.78, 5) is 38.9. The third-order valence-corrected chi connectivity index (χ3v) is 2.86. The quantitative estimate of drug-likeness (QED) is 0.462. The van der Waals surface area contributed by atoms with E-state index in [-0.39, 0.29) is 11.8 Å². The highest BCUT2D eigenvalue weighted by atomic mass is 16.2. The number of imide groups is 1. The molecule has 0 N–H and O–H groups in total. The van der Waals surface area contributed by atoms with Crippen LogP contribution in [0, 0.1) is 0 Å². The molecule has 0 saturated carbocycles. The van der Waals surface area contributed by atoms with Gasteiger partial charge in [-0.2, -0.15) is 4.99 Å². The van der Waals surface area contributed by atoms with Crippen LogP contribution in [0.2, 0.25) is 0 Å². The first kappa shape index (κ1) is 12.2. The minimum Gasteiger partial charge on any atom is -0.274 e. The zero-order valence-electron chi connectivity index (χ0n) is 9.97. The highest BCUT2D eigenvalue weighted by molar-refractivity contribution is 6.21. The minimum atomic E-state index is -0.314. The Kier molecular flexibility index (Phi) is 3.35. The van der Waals surface area contributed by atoms with Crippen molar-refractivity contribution < 1.29 is 14.4 Å². The van der Waals surface area contributed by atoms with E-state index >= 15 is 0 Å². The Morgan fingerprint density at radius 2 is 1.94 bits per heavy atom. The van der Waals surface area contributed by atoms with Crippen LogP contribution in [0.25, 0.3) is 0 Å². The summed E-state index contributed by atoms with van der Waals surface area (Å²) >= 11 is 0. The van der Waals surface area contributed by atoms with Crippen LogP contribution in [0.15, 0.2) is 23.2 Å². The molecule has 0 bridgehead atoms. The van der Waals surface area contributed by atoms with Gasteiger partial charge in [-0.05, 0) is 24.6 Å². The van der Waals surface area contributed by atoms with Gasteiger partial charge >= 0.3 is 0 Å². The minimum absolute atomic E-state index is 0.273. The van der Waals surface area contributed by atoms with Gasteiger partial charge in [0.25, 0.3) is 11.8 Å². The second kappa shape index (κ2) is 4.94. The fourth-order valence-corrected chi connectivity index (χ4v) is 1.92. The average molecular weight is 244 g/mol. The van der Waals surface area contributed by atoms with Crippen molar-refractivity contribution in [2.75, 3.05) is 6.54 Å². The van der Waals surface area contributed by atoms with Crippen LogP contribution in [0.3, 0.4) is 0 Å². The van der Waals surface area contributed by atoms with E-state index in [1.807, 2.05) is 6.92 Å². The molecule has 2 amide bonds. The number of aliphatic imine (C=N–C) groups is 1. The lowest BCUT2D eigenvalue weighted by molar-refractivity contribution is 0.0652. The average Bonchev–Trinajstić information content (AvgIpc) is 2.60. The smallest absolute Gasteiger partial charge is 0.261 e. The lowest BCUT2D eigenvalue weighted by atomic mass is 10.1. The molecular formula is C13H12N2O3. The molecule has 0 unspecified atom stereocenters. The molecule has 5 heteroatoms. The molecule has 0 saturated heterocycles. The Bertz CT molecular complexity index is 559. The van der Waals surface area contributed by atoms with Crippen LogP contribution < -0.4 is 0 Å². The first-order chi connectivity index (χ1) is 8.69. The Morgan fingerprint density at radius 3 is 2.61 bits per heavy atom. The summed E-state index contributed by atoms with van der Waals surface area (Å²) in [5.74, 6) is -0.587. The number of carbonyl (C=O) groups excluding carboxylic acids is 3. The van der Waals surface area contributed by atoms with E-state index in [4.69, 9.17) is 0 Å². The van der Waals surface area contributed by atoms with Gasteiger partial charge in [0.05, 0.1) is 16.8 Å². The molecular weight excluding hydrogens is 232 g/mol. The molecule has 2 rings (SSSR count). The Morgan fingerprint density at radius 1 is 1.22 bits per heavy atom. The van der Waals surface area contributed by atoms with E-state index in [0.717, 1.165) is 12.8 Å². The summed E-state index contributed by atoms with van der Waals surface area (Å²) in [6, 6.07) is 4.50. The number of hydrogen-bond donors (Lipinski definition) is 0. The van der Waals surface area contributed by atoms with Crippen LogP contribution in [0.4, 0.5) is 5.69 Å². The van der Waals surface area contributed by atoms with Crippen molar-refractivity contribution in [1.82, 2.24) is 4.90 Å². The molecule has 5 nitrogen and oxygen atoms in total. The standard InChI is InChI=1S/C13H12N2O3/c1-2-3-6-15-12(17)10-5-4-9(14-8-16)7-11(10)13(15)18/h4-5,7H,2-3,6H2,1H3. The van der Waals surface area contributed by atoms with Gasteiger partial charge in [-0.1, -0.05) is 13.3 Å². The van der Waals surface area contributed by atoms with Crippen LogP contribution in [0.5, 0.6) is 0 Å². The highest BCUT2D eigenvalue weighted by Crippen LogP contribution is 2.27. The van der Waals surface area contributed by atoms with Crippen LogP contribution >= 0.6 is 0 Å². The topological polar surface area (TPSA) is 66.8 Å². The first-order valence-electron chi connectivity index (χ1n) is 5.77. The molecule has 1 heterocycles. The summed E-state index contributed by atoms with van der Waals surface area (Å²) in [6.45, 7) is 2.42. The zero-order valence-corrected chi connectivity index (χ0v) is 9.97. The maximum absolute atomic E-state index is 12.0. The van der Waals surface area contributed by atoms with Crippen molar-refractivity contribution >= 4 is 23.6 Å². The molecule has 1 aliphatic rings. The number of hydrogen-bond acceptors (Lipinski definition) is 4. The lowest BCUT2D eigenvalue weighted by Gasteiger charge is -2.12. The van der Waals surface area contributed by atoms with E-state index in [1.54, 1.807) is 0 Å². The predicted octanol–water partition coefficient (Wildman–Crippen LogP) is 2.05. The number of carbonyl (C=O) groups is 2. The fourth-order valence-electron chi connectivity index (χ4n) is 1.92. The Hall–Kier alpha value is -2.26. The summed E-state index contributed by atoms with van der Waals surface area (Å²) in [7, 11) is 0. The van der Waals surface area contributed by atoms with Crippen molar-refractivity contribution in [3.8, 4) is 0 Å². The molecule has 0 fully saturated rings. The monoisotopic (exact) mass is 244 g/mol. The van der Waals surface area contributed by atoms with Gasteiger partial charge in [-0.3, -0.25) is 14.5 Å². The number of isocyanates is 1. The number of amides is 2. The number of unbranched alkanes of at least 4 members (excludes halogenated alkanes) is 1. The molecule has 18 heavy (non-hydrogen) atoms. The molecule has 0 spiro atoms. The van der Waals surface area contributed by atoms with Gasteiger partial charge in [0.1, 0.15) is 0 Å². The molecule has 1 aromatic carbocycles. The van der Waals surface area contributed by atoms with E-state index in [0.29, 0.717) is 23.4 Å². The Balaban J connectivity index is 2.36. The second-order valence-electron chi connectivity index (χ2n) is 4.05. The second-order valence-corrected chi connectivity index (χ2v) is 4.05. The largest absolute Gasteiger partial charge is 0.274 e. The summed E-state index contributed by atoms with van der Waals surface area (Å²) < 4.78 is 0. The van der Waals surface area contributed by atoms with Crippen molar-refractivity contribution in [2.24, 2.45) is 4.99 Å². The molecule has 0 aromatic heterocycles. The van der Waals surface area contributed by atoms with E-state index < -0.39 is 0 Å².